The van der Waals surface area contributed by atoms with E-state index in [-0.39, 0.29) is 59.9 Å². The van der Waals surface area contributed by atoms with E-state index in [0.717, 1.165) is 39.0 Å². The van der Waals surface area contributed by atoms with Gasteiger partial charge in [-0.25, -0.2) is 0 Å². The zero-order valence-corrected chi connectivity index (χ0v) is 50.0. The average Bonchev–Trinajstić information content (AvgIpc) is 1.49. The van der Waals surface area contributed by atoms with Gasteiger partial charge in [0.05, 0.1) is 57.5 Å². The molecule has 4 saturated carbocycles. The molecule has 0 radical (unpaired) electrons. The molecule has 0 aromatic rings. The lowest BCUT2D eigenvalue weighted by molar-refractivity contribution is -0.404. The van der Waals surface area contributed by atoms with Crippen molar-refractivity contribution in [3.63, 3.8) is 0 Å². The maximum Gasteiger partial charge on any atom is 0.302 e. The first-order chi connectivity index (χ1) is 41.7. The Hall–Kier alpha value is -1.65. The van der Waals surface area contributed by atoms with Crippen LogP contribution in [0.1, 0.15) is 86.0 Å². The van der Waals surface area contributed by atoms with Gasteiger partial charge in [0.15, 0.2) is 37.2 Å². The van der Waals surface area contributed by atoms with E-state index < -0.39 is 216 Å². The second-order valence-corrected chi connectivity index (χ2v) is 27.6. The Morgan fingerprint density at radius 2 is 1.09 bits per heavy atom. The van der Waals surface area contributed by atoms with Gasteiger partial charge in [-0.3, -0.25) is 4.79 Å². The number of hydrogen-bond acceptors (Lipinski definition) is 30. The number of fused-ring (bicyclic) bond motifs is 7. The fourth-order valence-corrected chi connectivity index (χ4v) is 17.6. The molecule has 30 heteroatoms. The lowest BCUT2D eigenvalue weighted by Crippen LogP contribution is -2.68. The third-order valence-electron chi connectivity index (χ3n) is 22.4. The Morgan fingerprint density at radius 3 is 1.70 bits per heavy atom. The van der Waals surface area contributed by atoms with Crippen LogP contribution in [-0.4, -0.2) is 305 Å². The summed E-state index contributed by atoms with van der Waals surface area (Å²) in [6, 6.07) is 0. The van der Waals surface area contributed by atoms with Crippen molar-refractivity contribution in [2.45, 2.75) is 264 Å². The van der Waals surface area contributed by atoms with E-state index >= 15 is 0 Å². The number of carbonyl (C=O) groups excluding carboxylic acids is 1. The summed E-state index contributed by atoms with van der Waals surface area (Å²) in [7, 11) is 0. The highest BCUT2D eigenvalue weighted by Gasteiger charge is 2.73. The highest BCUT2D eigenvalue weighted by atomic mass is 16.8. The predicted octanol–water partition coefficient (Wildman–Crippen LogP) is -5.93. The monoisotopic (exact) mass is 1270 g/mol. The van der Waals surface area contributed by atoms with Crippen LogP contribution in [0.3, 0.4) is 0 Å². The molecule has 7 heterocycles. The fourth-order valence-electron chi connectivity index (χ4n) is 17.6. The van der Waals surface area contributed by atoms with Gasteiger partial charge < -0.3 is 143 Å². The van der Waals surface area contributed by atoms with Gasteiger partial charge in [0.25, 0.3) is 0 Å². The molecule has 11 fully saturated rings. The summed E-state index contributed by atoms with van der Waals surface area (Å²) in [4.78, 5) is 11.7. The number of aliphatic hydroxyl groups is 16. The smallest absolute Gasteiger partial charge is 0.302 e. The average molecular weight is 1270 g/mol. The van der Waals surface area contributed by atoms with Crippen molar-refractivity contribution in [1.82, 2.24) is 0 Å². The van der Waals surface area contributed by atoms with Crippen molar-refractivity contribution in [3.05, 3.63) is 0 Å². The van der Waals surface area contributed by atoms with E-state index in [1.54, 1.807) is 0 Å². The van der Waals surface area contributed by atoms with Crippen LogP contribution in [0.5, 0.6) is 0 Å². The molecule has 506 valence electrons. The topological polar surface area (TPSA) is 461 Å². The summed E-state index contributed by atoms with van der Waals surface area (Å²) < 4.78 is 78.2. The largest absolute Gasteiger partial charge is 0.463 e. The molecule has 11 rings (SSSR count). The highest BCUT2D eigenvalue weighted by Crippen LogP contribution is 2.71. The number of rotatable bonds is 15. The van der Waals surface area contributed by atoms with Gasteiger partial charge >= 0.3 is 5.97 Å². The number of aliphatic hydroxyl groups excluding tert-OH is 16. The number of ether oxygens (including phenoxy) is 13. The quantitative estimate of drug-likeness (QED) is 0.0536. The Labute approximate surface area is 508 Å². The summed E-state index contributed by atoms with van der Waals surface area (Å²) in [6.45, 7) is 6.55. The maximum atomic E-state index is 12.7. The second-order valence-electron chi connectivity index (χ2n) is 27.6. The molecule has 7 saturated heterocycles. The molecule has 0 aromatic carbocycles. The molecule has 4 aliphatic carbocycles. The summed E-state index contributed by atoms with van der Waals surface area (Å²) in [5.74, 6) is -0.827. The normalized spacial score (nSPS) is 56.4. The van der Waals surface area contributed by atoms with Crippen LogP contribution >= 0.6 is 0 Å². The van der Waals surface area contributed by atoms with Crippen molar-refractivity contribution < 1.29 is 148 Å². The minimum absolute atomic E-state index is 0.0552. The zero-order valence-electron chi connectivity index (χ0n) is 50.0. The van der Waals surface area contributed by atoms with E-state index in [1.165, 1.54) is 0 Å². The number of hydrogen-bond donors (Lipinski definition) is 16. The SMILES string of the molecule is CC(=O)OC[C@H]1O[C@@H](O[C@H]2[C@@H](O)[C@@H](CO)O[C@@H](O[C@H]3[C@H](O[C@@H]4C[C@@H]5CC[C@H]6[C@@H]7[C@H](O)[C@@H]8O[C@]9(CC[C@@H](C)CO9)[C@@H](C)[C@@H]8[C@@]7(C)CC[C@@H]6[C@@]5(C)C[C@H]4O)O[C@H](CO)[C@H](O[C@@H]4O[C@H](CO)[C@@H](O)[C@H](O[C@@H]5OC[C@@H](O)[C@H](O)[C@@H]5O)[C@H]4O)[C@@H]3O)[C@@H]2O)[C@H](O)[C@@H](O)[C@@H]1O. The molecule has 1 spiro atoms. The van der Waals surface area contributed by atoms with Gasteiger partial charge in [0.1, 0.15) is 123 Å². The molecule has 16 N–H and O–H groups in total. The van der Waals surface area contributed by atoms with E-state index in [9.17, 15) is 86.5 Å². The summed E-state index contributed by atoms with van der Waals surface area (Å²) >= 11 is 0. The lowest BCUT2D eigenvalue weighted by Gasteiger charge is -2.62. The summed E-state index contributed by atoms with van der Waals surface area (Å²) in [6.07, 6.45) is -42.8. The van der Waals surface area contributed by atoms with Gasteiger partial charge in [0, 0.05) is 25.2 Å². The van der Waals surface area contributed by atoms with Crippen LogP contribution in [0, 0.1) is 52.3 Å². The third-order valence-corrected chi connectivity index (χ3v) is 22.4. The van der Waals surface area contributed by atoms with Crippen LogP contribution in [0.2, 0.25) is 0 Å². The van der Waals surface area contributed by atoms with Crippen molar-refractivity contribution in [2.75, 3.05) is 39.6 Å². The first-order valence-electron chi connectivity index (χ1n) is 31.3. The van der Waals surface area contributed by atoms with Gasteiger partial charge in [-0.2, -0.15) is 0 Å². The lowest BCUT2D eigenvalue weighted by atomic mass is 9.44. The van der Waals surface area contributed by atoms with E-state index in [4.69, 9.17) is 61.6 Å². The van der Waals surface area contributed by atoms with Crippen LogP contribution < -0.4 is 0 Å². The first-order valence-corrected chi connectivity index (χ1v) is 31.3. The molecule has 88 heavy (non-hydrogen) atoms. The molecule has 11 aliphatic rings. The molecule has 0 aromatic heterocycles. The molecular formula is C58H94O30. The molecule has 0 unspecified atom stereocenters. The molecule has 0 bridgehead atoms. The van der Waals surface area contributed by atoms with Gasteiger partial charge in [-0.05, 0) is 85.4 Å². The van der Waals surface area contributed by atoms with Crippen molar-refractivity contribution in [2.24, 2.45) is 52.3 Å². The van der Waals surface area contributed by atoms with Crippen molar-refractivity contribution >= 4 is 5.97 Å². The van der Waals surface area contributed by atoms with Crippen molar-refractivity contribution in [1.29, 1.82) is 0 Å². The van der Waals surface area contributed by atoms with Gasteiger partial charge in [-0.1, -0.05) is 27.7 Å². The molecular weight excluding hydrogens is 1180 g/mol. The Balaban J connectivity index is 0.846. The first kappa shape index (κ1) is 67.8. The Bertz CT molecular complexity index is 2340. The summed E-state index contributed by atoms with van der Waals surface area (Å²) in [5.41, 5.74) is -0.677. The zero-order chi connectivity index (χ0) is 63.4. The molecule has 0 amide bonds. The van der Waals surface area contributed by atoms with Crippen LogP contribution in [0.4, 0.5) is 0 Å². The minimum atomic E-state index is -2.18. The highest BCUT2D eigenvalue weighted by molar-refractivity contribution is 5.65. The number of carbonyl (C=O) groups is 1. The van der Waals surface area contributed by atoms with E-state index in [0.29, 0.717) is 18.9 Å². The standard InChI is InChI=1S/C58H94O30/c1-20-8-11-58(78-17-20)21(2)33-47(88-58)39(69)34-24-7-6-23-12-28(26(63)13-57(23,5)25(24)9-10-56(33,34)4)79-55-50(87-54-45(75)49(38(68)30(15-60)81-54)86-52-42(72)40(70)36(66)32(83-52)19-76-22(3)62)43(73)46(31(16-61)82-55)84-53-44(74)48(37(67)29(14-59)80-53)85-51-41(71)35(65)27(64)18-77-51/h20-21,23-55,59-61,63-75H,6-19H2,1-5H3/t20-,21+,23+,24-,25+,26-,27-,28-,29-,30-,31-,32-,33+,34-,35+,36-,37-,38+,39+,40+,41+,42-,43+,44-,45-,46+,47-,48+,49+,50-,51+,52+,53+,54+,55-,56-,57+,58-/m1/s1. The fraction of sp³-hybridized carbons (Fsp3) is 0.983. The maximum absolute atomic E-state index is 12.7. The van der Waals surface area contributed by atoms with E-state index in [1.807, 2.05) is 0 Å². The van der Waals surface area contributed by atoms with Crippen LogP contribution in [0.25, 0.3) is 0 Å². The predicted molar refractivity (Wildman–Crippen MR) is 287 cm³/mol. The molecule has 38 atom stereocenters. The Morgan fingerprint density at radius 1 is 0.511 bits per heavy atom. The number of esters is 1. The third kappa shape index (κ3) is 12.0. The van der Waals surface area contributed by atoms with E-state index in [2.05, 4.69) is 27.7 Å². The molecule has 7 aliphatic heterocycles. The summed E-state index contributed by atoms with van der Waals surface area (Å²) in [5, 5.41) is 179. The second kappa shape index (κ2) is 26.5. The Kier molecular flexibility index (Phi) is 20.4. The van der Waals surface area contributed by atoms with Crippen molar-refractivity contribution in [3.8, 4) is 0 Å². The van der Waals surface area contributed by atoms with Crippen LogP contribution in [0.15, 0.2) is 0 Å². The van der Waals surface area contributed by atoms with Gasteiger partial charge in [0.2, 0.25) is 0 Å². The minimum Gasteiger partial charge on any atom is -0.463 e. The van der Waals surface area contributed by atoms with Crippen LogP contribution in [-0.2, 0) is 66.4 Å². The molecule has 30 nitrogen and oxygen atoms in total. The van der Waals surface area contributed by atoms with Gasteiger partial charge in [-0.15, -0.1) is 0 Å².